The molecular weight excluding hydrogens is 284 g/mol. The van der Waals surface area contributed by atoms with E-state index in [1.807, 2.05) is 13.0 Å². The first-order valence-electron chi connectivity index (χ1n) is 8.36. The largest absolute Gasteiger partial charge is 0.354 e. The summed E-state index contributed by atoms with van der Waals surface area (Å²) in [6, 6.07) is 12.9. The normalized spacial score (nSPS) is 11.1. The Hall–Kier alpha value is -2.10. The number of nitrogens with zero attached hydrogens (tertiary/aromatic N) is 3. The lowest BCUT2D eigenvalue weighted by atomic mass is 10.2. The van der Waals surface area contributed by atoms with Gasteiger partial charge in [-0.05, 0) is 32.3 Å². The molecule has 2 aromatic rings. The summed E-state index contributed by atoms with van der Waals surface area (Å²) >= 11 is 0. The van der Waals surface area contributed by atoms with E-state index in [-0.39, 0.29) is 0 Å². The minimum atomic E-state index is 0.363. The van der Waals surface area contributed by atoms with Crippen LogP contribution in [0.4, 0.5) is 11.8 Å². The van der Waals surface area contributed by atoms with E-state index in [1.165, 1.54) is 5.56 Å². The smallest absolute Gasteiger partial charge is 0.224 e. The Morgan fingerprint density at radius 2 is 1.74 bits per heavy atom. The topological polar surface area (TPSA) is 41.1 Å². The van der Waals surface area contributed by atoms with Crippen molar-refractivity contribution in [3.63, 3.8) is 0 Å². The molecule has 0 unspecified atom stereocenters. The molecule has 0 aliphatic carbocycles. The fourth-order valence-electron chi connectivity index (χ4n) is 2.38. The molecule has 4 nitrogen and oxygen atoms in total. The first kappa shape index (κ1) is 17.3. The highest BCUT2D eigenvalue weighted by atomic mass is 15.2. The van der Waals surface area contributed by atoms with E-state index in [9.17, 15) is 0 Å². The fraction of sp³-hybridized carbons (Fsp3) is 0.474. The monoisotopic (exact) mass is 312 g/mol. The third-order valence-electron chi connectivity index (χ3n) is 3.62. The lowest BCUT2D eigenvalue weighted by Gasteiger charge is -2.28. The Balaban J connectivity index is 2.24. The van der Waals surface area contributed by atoms with Crippen molar-refractivity contribution in [3.8, 4) is 0 Å². The molecule has 0 aliphatic rings. The molecule has 0 spiro atoms. The number of aryl methyl sites for hydroxylation is 1. The van der Waals surface area contributed by atoms with Gasteiger partial charge in [0.05, 0.1) is 0 Å². The minimum absolute atomic E-state index is 0.363. The summed E-state index contributed by atoms with van der Waals surface area (Å²) < 4.78 is 0. The van der Waals surface area contributed by atoms with Gasteiger partial charge in [0.25, 0.3) is 0 Å². The number of nitrogens with one attached hydrogen (secondary N) is 1. The molecule has 23 heavy (non-hydrogen) atoms. The minimum Gasteiger partial charge on any atom is -0.354 e. The summed E-state index contributed by atoms with van der Waals surface area (Å²) in [5.41, 5.74) is 2.27. The SMILES string of the molecule is Cc1cc(N(Cc2ccccc2)C(C)C)nc(NCC(C)C)n1. The average molecular weight is 312 g/mol. The molecule has 1 aromatic carbocycles. The Morgan fingerprint density at radius 3 is 2.35 bits per heavy atom. The molecule has 0 radical (unpaired) electrons. The summed E-state index contributed by atoms with van der Waals surface area (Å²) in [5, 5.41) is 3.33. The van der Waals surface area contributed by atoms with Crippen molar-refractivity contribution >= 4 is 11.8 Å². The quantitative estimate of drug-likeness (QED) is 0.829. The van der Waals surface area contributed by atoms with E-state index < -0.39 is 0 Å². The molecule has 0 atom stereocenters. The van der Waals surface area contributed by atoms with Crippen molar-refractivity contribution in [1.82, 2.24) is 9.97 Å². The van der Waals surface area contributed by atoms with Crippen LogP contribution in [0.5, 0.6) is 0 Å². The molecule has 124 valence electrons. The van der Waals surface area contributed by atoms with Crippen LogP contribution in [0.3, 0.4) is 0 Å². The van der Waals surface area contributed by atoms with Gasteiger partial charge in [0, 0.05) is 30.9 Å². The van der Waals surface area contributed by atoms with Crippen molar-refractivity contribution in [3.05, 3.63) is 47.7 Å². The van der Waals surface area contributed by atoms with Crippen molar-refractivity contribution in [2.45, 2.75) is 47.2 Å². The Morgan fingerprint density at radius 1 is 1.04 bits per heavy atom. The van der Waals surface area contributed by atoms with Crippen LogP contribution in [0.2, 0.25) is 0 Å². The van der Waals surface area contributed by atoms with E-state index in [0.29, 0.717) is 17.9 Å². The summed E-state index contributed by atoms with van der Waals surface area (Å²) in [4.78, 5) is 11.5. The zero-order valence-corrected chi connectivity index (χ0v) is 14.9. The van der Waals surface area contributed by atoms with Crippen molar-refractivity contribution in [1.29, 1.82) is 0 Å². The van der Waals surface area contributed by atoms with Crippen LogP contribution in [-0.4, -0.2) is 22.6 Å². The number of aromatic nitrogens is 2. The van der Waals surface area contributed by atoms with Gasteiger partial charge in [-0.15, -0.1) is 0 Å². The first-order chi connectivity index (χ1) is 11.0. The number of anilines is 2. The molecule has 2 rings (SSSR count). The van der Waals surface area contributed by atoms with Gasteiger partial charge in [0.15, 0.2) is 0 Å². The van der Waals surface area contributed by atoms with Crippen molar-refractivity contribution < 1.29 is 0 Å². The van der Waals surface area contributed by atoms with Gasteiger partial charge in [-0.3, -0.25) is 0 Å². The van der Waals surface area contributed by atoms with Gasteiger partial charge in [-0.2, -0.15) is 4.98 Å². The molecule has 1 aromatic heterocycles. The van der Waals surface area contributed by atoms with Crippen LogP contribution >= 0.6 is 0 Å². The molecule has 0 amide bonds. The van der Waals surface area contributed by atoms with E-state index in [4.69, 9.17) is 4.98 Å². The van der Waals surface area contributed by atoms with Gasteiger partial charge in [0.2, 0.25) is 5.95 Å². The third-order valence-corrected chi connectivity index (χ3v) is 3.62. The standard InChI is InChI=1S/C19H28N4/c1-14(2)12-20-19-21-16(5)11-18(22-19)23(15(3)4)13-17-9-7-6-8-10-17/h6-11,14-15H,12-13H2,1-5H3,(H,20,21,22). The predicted molar refractivity (Wildman–Crippen MR) is 97.9 cm³/mol. The molecule has 0 aliphatic heterocycles. The predicted octanol–water partition coefficient (Wildman–Crippen LogP) is 4.27. The van der Waals surface area contributed by atoms with Crippen LogP contribution < -0.4 is 10.2 Å². The van der Waals surface area contributed by atoms with Gasteiger partial charge in [-0.25, -0.2) is 4.98 Å². The summed E-state index contributed by atoms with van der Waals surface area (Å²) in [7, 11) is 0. The lowest BCUT2D eigenvalue weighted by Crippen LogP contribution is -2.31. The van der Waals surface area contributed by atoms with E-state index >= 15 is 0 Å². The molecule has 0 bridgehead atoms. The maximum atomic E-state index is 4.73. The van der Waals surface area contributed by atoms with Crippen LogP contribution in [0, 0.1) is 12.8 Å². The second-order valence-corrected chi connectivity index (χ2v) is 6.67. The van der Waals surface area contributed by atoms with Crippen LogP contribution in [-0.2, 0) is 6.54 Å². The highest BCUT2D eigenvalue weighted by molar-refractivity contribution is 5.46. The summed E-state index contributed by atoms with van der Waals surface area (Å²) in [6.07, 6.45) is 0. The van der Waals surface area contributed by atoms with Gasteiger partial charge >= 0.3 is 0 Å². The Bertz CT molecular complexity index is 608. The van der Waals surface area contributed by atoms with Gasteiger partial charge in [0.1, 0.15) is 5.82 Å². The zero-order chi connectivity index (χ0) is 16.8. The van der Waals surface area contributed by atoms with Gasteiger partial charge in [-0.1, -0.05) is 44.2 Å². The molecule has 4 heteroatoms. The summed E-state index contributed by atoms with van der Waals surface area (Å²) in [6.45, 7) is 12.5. The molecular formula is C19H28N4. The highest BCUT2D eigenvalue weighted by Crippen LogP contribution is 2.20. The van der Waals surface area contributed by atoms with Crippen LogP contribution in [0.1, 0.15) is 39.0 Å². The zero-order valence-electron chi connectivity index (χ0n) is 14.9. The van der Waals surface area contributed by atoms with Crippen LogP contribution in [0.25, 0.3) is 0 Å². The molecule has 0 saturated heterocycles. The van der Waals surface area contributed by atoms with E-state index in [0.717, 1.165) is 24.6 Å². The molecule has 1 N–H and O–H groups in total. The third kappa shape index (κ3) is 5.23. The number of hydrogen-bond acceptors (Lipinski definition) is 4. The molecule has 0 fully saturated rings. The van der Waals surface area contributed by atoms with Crippen LogP contribution in [0.15, 0.2) is 36.4 Å². The molecule has 0 saturated carbocycles. The summed E-state index contributed by atoms with van der Waals surface area (Å²) in [5.74, 6) is 2.25. The fourth-order valence-corrected chi connectivity index (χ4v) is 2.38. The maximum Gasteiger partial charge on any atom is 0.224 e. The second kappa shape index (κ2) is 7.95. The highest BCUT2D eigenvalue weighted by Gasteiger charge is 2.14. The Labute approximate surface area is 140 Å². The second-order valence-electron chi connectivity index (χ2n) is 6.67. The number of benzene rings is 1. The lowest BCUT2D eigenvalue weighted by molar-refractivity contribution is 0.666. The number of rotatable bonds is 7. The van der Waals surface area contributed by atoms with E-state index in [1.54, 1.807) is 0 Å². The van der Waals surface area contributed by atoms with Crippen molar-refractivity contribution in [2.75, 3.05) is 16.8 Å². The average Bonchev–Trinajstić information content (AvgIpc) is 2.51. The van der Waals surface area contributed by atoms with Gasteiger partial charge < -0.3 is 10.2 Å². The Kier molecular flexibility index (Phi) is 5.97. The van der Waals surface area contributed by atoms with Crippen molar-refractivity contribution in [2.24, 2.45) is 5.92 Å². The molecule has 1 heterocycles. The first-order valence-corrected chi connectivity index (χ1v) is 8.36. The number of hydrogen-bond donors (Lipinski definition) is 1. The maximum absolute atomic E-state index is 4.73. The van der Waals surface area contributed by atoms with E-state index in [2.05, 4.69) is 73.2 Å².